The molecule has 0 radical (unpaired) electrons. The Labute approximate surface area is 124 Å². The molecule has 122 valence electrons. The Balaban J connectivity index is 2.67. The van der Waals surface area contributed by atoms with Gasteiger partial charge in [0.15, 0.2) is 0 Å². The van der Waals surface area contributed by atoms with Crippen LogP contribution < -0.4 is 0 Å². The molecule has 0 saturated carbocycles. The molecule has 0 saturated heterocycles. The van der Waals surface area contributed by atoms with Crippen molar-refractivity contribution in [2.45, 2.75) is 12.7 Å². The minimum absolute atomic E-state index is 0.0916. The van der Waals surface area contributed by atoms with Crippen LogP contribution in [0.25, 0.3) is 0 Å². The van der Waals surface area contributed by atoms with Crippen LogP contribution in [0.3, 0.4) is 0 Å². The normalized spacial score (nSPS) is 11.3. The van der Waals surface area contributed by atoms with Crippen molar-refractivity contribution in [2.75, 3.05) is 19.8 Å². The molecule has 1 aromatic rings. The van der Waals surface area contributed by atoms with Gasteiger partial charge in [-0.2, -0.15) is 13.2 Å². The van der Waals surface area contributed by atoms with Crippen LogP contribution in [0, 0.1) is 11.6 Å². The lowest BCUT2D eigenvalue weighted by atomic mass is 10.2. The quantitative estimate of drug-likeness (QED) is 0.438. The van der Waals surface area contributed by atoms with Crippen molar-refractivity contribution in [1.29, 1.82) is 0 Å². The predicted molar refractivity (Wildman–Crippen MR) is 68.8 cm³/mol. The zero-order valence-corrected chi connectivity index (χ0v) is 11.5. The highest BCUT2D eigenvalue weighted by Gasteiger charge is 2.27. The highest BCUT2D eigenvalue weighted by atomic mass is 19.4. The van der Waals surface area contributed by atoms with E-state index in [1.165, 1.54) is 0 Å². The third-order valence-electron chi connectivity index (χ3n) is 2.63. The lowest BCUT2D eigenvalue weighted by molar-refractivity contribution is -0.174. The molecule has 8 heteroatoms. The molecule has 0 fully saturated rings. The summed E-state index contributed by atoms with van der Waals surface area (Å²) in [5.41, 5.74) is -0.0916. The first-order valence-corrected chi connectivity index (χ1v) is 6.22. The maximum atomic E-state index is 13.5. The van der Waals surface area contributed by atoms with Gasteiger partial charge in [-0.25, -0.2) is 8.78 Å². The zero-order chi connectivity index (χ0) is 16.8. The summed E-state index contributed by atoms with van der Waals surface area (Å²) in [5, 5.41) is 0. The Bertz CT molecular complexity index is 530. The van der Waals surface area contributed by atoms with Crippen molar-refractivity contribution in [2.24, 2.45) is 0 Å². The van der Waals surface area contributed by atoms with Crippen LogP contribution in [0.1, 0.15) is 5.56 Å². The SMILES string of the molecule is C=CC(=O)N(CCOCC(F)(F)F)Cc1cc(F)ccc1F. The standard InChI is InChI=1S/C14H14F5NO2/c1-2-13(21)20(5-6-22-9-14(17,18)19)8-10-7-11(15)3-4-12(10)16/h2-4,7H,1,5-6,8-9H2. The molecule has 1 rings (SSSR count). The molecule has 0 atom stereocenters. The maximum absolute atomic E-state index is 13.5. The minimum Gasteiger partial charge on any atom is -0.370 e. The maximum Gasteiger partial charge on any atom is 0.411 e. The number of amides is 1. The number of halogens is 5. The molecule has 1 aromatic carbocycles. The summed E-state index contributed by atoms with van der Waals surface area (Å²) in [6.07, 6.45) is -3.54. The van der Waals surface area contributed by atoms with E-state index >= 15 is 0 Å². The number of rotatable bonds is 7. The first-order chi connectivity index (χ1) is 10.2. The number of hydrogen-bond donors (Lipinski definition) is 0. The average molecular weight is 323 g/mol. The predicted octanol–water partition coefficient (Wildman–Crippen LogP) is 3.06. The van der Waals surface area contributed by atoms with Crippen LogP contribution >= 0.6 is 0 Å². The van der Waals surface area contributed by atoms with Gasteiger partial charge in [-0.3, -0.25) is 4.79 Å². The number of benzene rings is 1. The number of carbonyl (C=O) groups excluding carboxylic acids is 1. The lowest BCUT2D eigenvalue weighted by Crippen LogP contribution is -2.33. The summed E-state index contributed by atoms with van der Waals surface area (Å²) in [6, 6.07) is 2.74. The second-order valence-corrected chi connectivity index (χ2v) is 4.37. The lowest BCUT2D eigenvalue weighted by Gasteiger charge is -2.21. The van der Waals surface area contributed by atoms with Crippen LogP contribution in [0.15, 0.2) is 30.9 Å². The van der Waals surface area contributed by atoms with E-state index < -0.39 is 36.9 Å². The second kappa shape index (κ2) is 7.88. The van der Waals surface area contributed by atoms with Crippen molar-refractivity contribution in [1.82, 2.24) is 4.90 Å². The first kappa shape index (κ1) is 18.1. The number of alkyl halides is 3. The van der Waals surface area contributed by atoms with E-state index in [4.69, 9.17) is 0 Å². The van der Waals surface area contributed by atoms with Crippen LogP contribution in [0.4, 0.5) is 22.0 Å². The number of hydrogen-bond acceptors (Lipinski definition) is 2. The summed E-state index contributed by atoms with van der Waals surface area (Å²) < 4.78 is 66.8. The fourth-order valence-corrected chi connectivity index (χ4v) is 1.63. The topological polar surface area (TPSA) is 29.5 Å². The molecule has 0 bridgehead atoms. The Morgan fingerprint density at radius 3 is 2.59 bits per heavy atom. The number of carbonyl (C=O) groups is 1. The number of ether oxygens (including phenoxy) is 1. The molecule has 1 amide bonds. The van der Waals surface area contributed by atoms with Crippen molar-refractivity contribution in [3.8, 4) is 0 Å². The van der Waals surface area contributed by atoms with Gasteiger partial charge in [0.2, 0.25) is 5.91 Å². The van der Waals surface area contributed by atoms with Gasteiger partial charge in [0.05, 0.1) is 6.61 Å². The molecule has 0 aliphatic heterocycles. The largest absolute Gasteiger partial charge is 0.411 e. The highest BCUT2D eigenvalue weighted by molar-refractivity contribution is 5.86. The van der Waals surface area contributed by atoms with Gasteiger partial charge in [-0.15, -0.1) is 0 Å². The fraction of sp³-hybridized carbons (Fsp3) is 0.357. The molecule has 22 heavy (non-hydrogen) atoms. The van der Waals surface area contributed by atoms with E-state index in [-0.39, 0.29) is 18.7 Å². The Morgan fingerprint density at radius 1 is 1.32 bits per heavy atom. The van der Waals surface area contributed by atoms with Gasteiger partial charge in [0.25, 0.3) is 0 Å². The molecule has 0 N–H and O–H groups in total. The molecular weight excluding hydrogens is 309 g/mol. The Hall–Kier alpha value is -1.96. The summed E-state index contributed by atoms with van der Waals surface area (Å²) in [4.78, 5) is 12.6. The third-order valence-corrected chi connectivity index (χ3v) is 2.63. The molecule has 0 aromatic heterocycles. The van der Waals surface area contributed by atoms with Gasteiger partial charge in [0, 0.05) is 18.7 Å². The summed E-state index contributed by atoms with van der Waals surface area (Å²) in [6.45, 7) is 0.898. The van der Waals surface area contributed by atoms with Crippen molar-refractivity contribution < 1.29 is 31.5 Å². The molecule has 0 aliphatic carbocycles. The fourth-order valence-electron chi connectivity index (χ4n) is 1.63. The molecule has 0 heterocycles. The van der Waals surface area contributed by atoms with Crippen LogP contribution in [0.2, 0.25) is 0 Å². The van der Waals surface area contributed by atoms with Crippen LogP contribution in [-0.4, -0.2) is 36.7 Å². The smallest absolute Gasteiger partial charge is 0.370 e. The number of nitrogens with zero attached hydrogens (tertiary/aromatic N) is 1. The molecular formula is C14H14F5NO2. The van der Waals surface area contributed by atoms with E-state index in [9.17, 15) is 26.7 Å². The van der Waals surface area contributed by atoms with E-state index in [0.29, 0.717) is 0 Å². The van der Waals surface area contributed by atoms with Crippen LogP contribution in [0.5, 0.6) is 0 Å². The minimum atomic E-state index is -4.47. The third kappa shape index (κ3) is 6.21. The van der Waals surface area contributed by atoms with E-state index in [2.05, 4.69) is 11.3 Å². The molecule has 3 nitrogen and oxygen atoms in total. The summed E-state index contributed by atoms with van der Waals surface area (Å²) in [7, 11) is 0. The summed E-state index contributed by atoms with van der Waals surface area (Å²) in [5.74, 6) is -2.03. The summed E-state index contributed by atoms with van der Waals surface area (Å²) >= 11 is 0. The van der Waals surface area contributed by atoms with Crippen molar-refractivity contribution in [3.05, 3.63) is 48.1 Å². The zero-order valence-electron chi connectivity index (χ0n) is 11.5. The molecule has 0 aliphatic rings. The Kier molecular flexibility index (Phi) is 6.48. The monoisotopic (exact) mass is 323 g/mol. The van der Waals surface area contributed by atoms with Gasteiger partial charge in [-0.05, 0) is 24.3 Å². The van der Waals surface area contributed by atoms with Gasteiger partial charge >= 0.3 is 6.18 Å². The highest BCUT2D eigenvalue weighted by Crippen LogP contribution is 2.15. The van der Waals surface area contributed by atoms with E-state index in [0.717, 1.165) is 29.2 Å². The van der Waals surface area contributed by atoms with E-state index in [1.54, 1.807) is 0 Å². The Morgan fingerprint density at radius 2 is 2.00 bits per heavy atom. The molecule has 0 spiro atoms. The average Bonchev–Trinajstić information content (AvgIpc) is 2.44. The molecule has 0 unspecified atom stereocenters. The van der Waals surface area contributed by atoms with Crippen LogP contribution in [-0.2, 0) is 16.1 Å². The van der Waals surface area contributed by atoms with Gasteiger partial charge < -0.3 is 9.64 Å². The first-order valence-electron chi connectivity index (χ1n) is 6.22. The second-order valence-electron chi connectivity index (χ2n) is 4.37. The van der Waals surface area contributed by atoms with E-state index in [1.807, 2.05) is 0 Å². The van der Waals surface area contributed by atoms with Crippen molar-refractivity contribution >= 4 is 5.91 Å². The van der Waals surface area contributed by atoms with Gasteiger partial charge in [0.1, 0.15) is 18.2 Å². The van der Waals surface area contributed by atoms with Gasteiger partial charge in [-0.1, -0.05) is 6.58 Å². The van der Waals surface area contributed by atoms with Crippen molar-refractivity contribution in [3.63, 3.8) is 0 Å².